The molecule has 4 heteroatoms. The third-order valence-electron chi connectivity index (χ3n) is 2.42. The van der Waals surface area contributed by atoms with Crippen molar-refractivity contribution >= 4 is 34.7 Å². The molecule has 0 bridgehead atoms. The zero-order valence-corrected chi connectivity index (χ0v) is 12.4. The number of anilines is 2. The second-order valence-electron chi connectivity index (χ2n) is 4.01. The lowest BCUT2D eigenvalue weighted by Gasteiger charge is -2.20. The number of benzene rings is 1. The Hall–Kier alpha value is -0.540. The SMILES string of the molecule is CCSCCCNc1cccc(Cl)c1N(C)C. The second-order valence-corrected chi connectivity index (χ2v) is 5.81. The van der Waals surface area contributed by atoms with E-state index in [1.165, 1.54) is 17.9 Å². The van der Waals surface area contributed by atoms with Gasteiger partial charge in [-0.25, -0.2) is 0 Å². The summed E-state index contributed by atoms with van der Waals surface area (Å²) < 4.78 is 0. The van der Waals surface area contributed by atoms with E-state index < -0.39 is 0 Å². The summed E-state index contributed by atoms with van der Waals surface area (Å²) in [6, 6.07) is 5.99. The third kappa shape index (κ3) is 4.68. The van der Waals surface area contributed by atoms with E-state index in [-0.39, 0.29) is 0 Å². The Bertz CT molecular complexity index is 342. The van der Waals surface area contributed by atoms with Crippen LogP contribution in [0.1, 0.15) is 13.3 Å². The molecule has 2 nitrogen and oxygen atoms in total. The van der Waals surface area contributed by atoms with Crippen LogP contribution in [0, 0.1) is 0 Å². The van der Waals surface area contributed by atoms with E-state index in [1.54, 1.807) is 0 Å². The summed E-state index contributed by atoms with van der Waals surface area (Å²) in [4.78, 5) is 2.05. The van der Waals surface area contributed by atoms with Gasteiger partial charge in [-0.15, -0.1) is 0 Å². The van der Waals surface area contributed by atoms with Crippen LogP contribution in [0.3, 0.4) is 0 Å². The zero-order valence-electron chi connectivity index (χ0n) is 10.8. The van der Waals surface area contributed by atoms with E-state index in [9.17, 15) is 0 Å². The Morgan fingerprint density at radius 2 is 2.12 bits per heavy atom. The van der Waals surface area contributed by atoms with E-state index in [2.05, 4.69) is 18.3 Å². The van der Waals surface area contributed by atoms with Gasteiger partial charge in [0.25, 0.3) is 0 Å². The first-order valence-electron chi connectivity index (χ1n) is 5.94. The van der Waals surface area contributed by atoms with Gasteiger partial charge in [-0.3, -0.25) is 0 Å². The van der Waals surface area contributed by atoms with Crippen LogP contribution in [0.15, 0.2) is 18.2 Å². The van der Waals surface area contributed by atoms with Crippen molar-refractivity contribution in [3.8, 4) is 0 Å². The van der Waals surface area contributed by atoms with Crippen LogP contribution in [0.2, 0.25) is 5.02 Å². The van der Waals surface area contributed by atoms with Gasteiger partial charge in [-0.05, 0) is 30.1 Å². The summed E-state index contributed by atoms with van der Waals surface area (Å²) in [5.74, 6) is 2.40. The molecule has 0 radical (unpaired) electrons. The lowest BCUT2D eigenvalue weighted by atomic mass is 10.2. The summed E-state index contributed by atoms with van der Waals surface area (Å²) in [7, 11) is 4.03. The summed E-state index contributed by atoms with van der Waals surface area (Å²) in [6.45, 7) is 3.19. The highest BCUT2D eigenvalue weighted by molar-refractivity contribution is 7.99. The molecule has 0 atom stereocenters. The minimum Gasteiger partial charge on any atom is -0.383 e. The van der Waals surface area contributed by atoms with Gasteiger partial charge in [0.2, 0.25) is 0 Å². The Kier molecular flexibility index (Phi) is 6.60. The number of nitrogens with one attached hydrogen (secondary N) is 1. The fourth-order valence-corrected chi connectivity index (χ4v) is 2.63. The first kappa shape index (κ1) is 14.5. The van der Waals surface area contributed by atoms with Gasteiger partial charge in [0, 0.05) is 20.6 Å². The topological polar surface area (TPSA) is 15.3 Å². The van der Waals surface area contributed by atoms with Crippen molar-refractivity contribution in [2.45, 2.75) is 13.3 Å². The molecule has 0 heterocycles. The maximum absolute atomic E-state index is 6.20. The number of para-hydroxylation sites is 1. The first-order chi connectivity index (χ1) is 8.16. The van der Waals surface area contributed by atoms with E-state index in [1.807, 2.05) is 42.9 Å². The fourth-order valence-electron chi connectivity index (χ4n) is 1.65. The highest BCUT2D eigenvalue weighted by atomic mass is 35.5. The van der Waals surface area contributed by atoms with E-state index >= 15 is 0 Å². The molecule has 17 heavy (non-hydrogen) atoms. The molecule has 0 aromatic heterocycles. The molecule has 0 aliphatic rings. The molecule has 0 unspecified atom stereocenters. The van der Waals surface area contributed by atoms with Crippen molar-refractivity contribution in [3.05, 3.63) is 23.2 Å². The molecule has 0 amide bonds. The maximum Gasteiger partial charge on any atom is 0.0786 e. The number of nitrogens with zero attached hydrogens (tertiary/aromatic N) is 1. The van der Waals surface area contributed by atoms with Crippen LogP contribution >= 0.6 is 23.4 Å². The molecule has 0 aliphatic heterocycles. The predicted molar refractivity (Wildman–Crippen MR) is 81.9 cm³/mol. The molecule has 0 fully saturated rings. The quantitative estimate of drug-likeness (QED) is 0.757. The molecular formula is C13H21ClN2S. The van der Waals surface area contributed by atoms with Crippen molar-refractivity contribution < 1.29 is 0 Å². The monoisotopic (exact) mass is 272 g/mol. The summed E-state index contributed by atoms with van der Waals surface area (Å²) >= 11 is 8.18. The number of hydrogen-bond acceptors (Lipinski definition) is 3. The molecular weight excluding hydrogens is 252 g/mol. The molecule has 1 N–H and O–H groups in total. The number of hydrogen-bond donors (Lipinski definition) is 1. The molecule has 1 aromatic carbocycles. The highest BCUT2D eigenvalue weighted by Gasteiger charge is 2.07. The largest absolute Gasteiger partial charge is 0.383 e. The number of rotatable bonds is 7. The maximum atomic E-state index is 6.20. The van der Waals surface area contributed by atoms with Gasteiger partial charge >= 0.3 is 0 Å². The van der Waals surface area contributed by atoms with Gasteiger partial charge in [-0.1, -0.05) is 24.6 Å². The van der Waals surface area contributed by atoms with Crippen LogP contribution in [0.25, 0.3) is 0 Å². The van der Waals surface area contributed by atoms with Crippen molar-refractivity contribution in [1.82, 2.24) is 0 Å². The summed E-state index contributed by atoms with van der Waals surface area (Å²) in [5, 5.41) is 4.25. The van der Waals surface area contributed by atoms with E-state index in [0.717, 1.165) is 22.9 Å². The molecule has 0 saturated carbocycles. The number of thioether (sulfide) groups is 1. The highest BCUT2D eigenvalue weighted by Crippen LogP contribution is 2.32. The lowest BCUT2D eigenvalue weighted by molar-refractivity contribution is 0.988. The first-order valence-corrected chi connectivity index (χ1v) is 7.47. The Morgan fingerprint density at radius 1 is 1.35 bits per heavy atom. The van der Waals surface area contributed by atoms with Crippen molar-refractivity contribution in [2.24, 2.45) is 0 Å². The van der Waals surface area contributed by atoms with Crippen LogP contribution in [0.4, 0.5) is 11.4 Å². The van der Waals surface area contributed by atoms with Crippen LogP contribution in [0.5, 0.6) is 0 Å². The zero-order chi connectivity index (χ0) is 12.7. The Morgan fingerprint density at radius 3 is 2.76 bits per heavy atom. The van der Waals surface area contributed by atoms with Gasteiger partial charge in [0.15, 0.2) is 0 Å². The van der Waals surface area contributed by atoms with Gasteiger partial charge < -0.3 is 10.2 Å². The third-order valence-corrected chi connectivity index (χ3v) is 3.71. The van der Waals surface area contributed by atoms with Crippen LogP contribution < -0.4 is 10.2 Å². The molecule has 1 rings (SSSR count). The van der Waals surface area contributed by atoms with Crippen molar-refractivity contribution in [3.63, 3.8) is 0 Å². The van der Waals surface area contributed by atoms with Crippen LogP contribution in [-0.2, 0) is 0 Å². The Balaban J connectivity index is 2.55. The van der Waals surface area contributed by atoms with E-state index in [4.69, 9.17) is 11.6 Å². The van der Waals surface area contributed by atoms with E-state index in [0.29, 0.717) is 0 Å². The summed E-state index contributed by atoms with van der Waals surface area (Å²) in [5.41, 5.74) is 2.18. The smallest absolute Gasteiger partial charge is 0.0786 e. The number of halogens is 1. The van der Waals surface area contributed by atoms with Crippen molar-refractivity contribution in [2.75, 3.05) is 42.4 Å². The lowest BCUT2D eigenvalue weighted by Crippen LogP contribution is -2.13. The standard InChI is InChI=1S/C13H21ClN2S/c1-4-17-10-6-9-15-12-8-5-7-11(14)13(12)16(2)3/h5,7-8,15H,4,6,9-10H2,1-3H3. The van der Waals surface area contributed by atoms with Gasteiger partial charge in [0.1, 0.15) is 0 Å². The predicted octanol–water partition coefficient (Wildman–Crippen LogP) is 3.96. The Labute approximate surface area is 114 Å². The average molecular weight is 273 g/mol. The van der Waals surface area contributed by atoms with Gasteiger partial charge in [-0.2, -0.15) is 11.8 Å². The summed E-state index contributed by atoms with van der Waals surface area (Å²) in [6.07, 6.45) is 1.18. The average Bonchev–Trinajstić information content (AvgIpc) is 2.28. The molecule has 0 spiro atoms. The minimum absolute atomic E-state index is 0.794. The minimum atomic E-state index is 0.794. The normalized spacial score (nSPS) is 10.4. The molecule has 1 aromatic rings. The molecule has 0 saturated heterocycles. The molecule has 96 valence electrons. The van der Waals surface area contributed by atoms with Gasteiger partial charge in [0.05, 0.1) is 16.4 Å². The van der Waals surface area contributed by atoms with Crippen molar-refractivity contribution in [1.29, 1.82) is 0 Å². The fraction of sp³-hybridized carbons (Fsp3) is 0.538. The molecule has 0 aliphatic carbocycles. The van der Waals surface area contributed by atoms with Crippen LogP contribution in [-0.4, -0.2) is 32.1 Å². The second kappa shape index (κ2) is 7.72.